The molecule has 12 heteroatoms. The molecular formula is C18H18ClF3N2O5S. The zero-order valence-electron chi connectivity index (χ0n) is 15.8. The molecule has 30 heavy (non-hydrogen) atoms. The van der Waals surface area contributed by atoms with Crippen molar-refractivity contribution in [3.8, 4) is 0 Å². The van der Waals surface area contributed by atoms with E-state index in [1.165, 1.54) is 19.4 Å². The van der Waals surface area contributed by atoms with Crippen LogP contribution in [0.15, 0.2) is 39.8 Å². The zero-order valence-corrected chi connectivity index (χ0v) is 17.4. The van der Waals surface area contributed by atoms with E-state index in [0.717, 1.165) is 16.4 Å². The third-order valence-electron chi connectivity index (χ3n) is 4.73. The second kappa shape index (κ2) is 8.58. The summed E-state index contributed by atoms with van der Waals surface area (Å²) in [5, 5.41) is -0.274. The summed E-state index contributed by atoms with van der Waals surface area (Å²) in [6, 6.07) is 3.70. The molecule has 1 fully saturated rings. The predicted molar refractivity (Wildman–Crippen MR) is 101 cm³/mol. The molecule has 1 aromatic carbocycles. The first-order valence-corrected chi connectivity index (χ1v) is 10.6. The molecule has 0 unspecified atom stereocenters. The van der Waals surface area contributed by atoms with Crippen LogP contribution >= 0.6 is 11.6 Å². The maximum Gasteiger partial charge on any atom is 0.416 e. The molecule has 164 valence electrons. The molecule has 0 saturated carbocycles. The molecule has 0 amide bonds. The Morgan fingerprint density at radius 2 is 1.87 bits per heavy atom. The number of carbonyl (C=O) groups excluding carboxylic acids is 1. The summed E-state index contributed by atoms with van der Waals surface area (Å²) in [5.41, 5.74) is -0.805. The minimum Gasteiger partial charge on any atom is -0.467 e. The van der Waals surface area contributed by atoms with Crippen LogP contribution < -0.4 is 0 Å². The third-order valence-corrected chi connectivity index (χ3v) is 7.11. The Kier molecular flexibility index (Phi) is 6.46. The summed E-state index contributed by atoms with van der Waals surface area (Å²) in [5.74, 6) is -0.154. The first kappa shape index (κ1) is 22.6. The van der Waals surface area contributed by atoms with Crippen molar-refractivity contribution in [3.05, 3.63) is 52.4 Å². The summed E-state index contributed by atoms with van der Waals surface area (Å²) >= 11 is 5.89. The van der Waals surface area contributed by atoms with Gasteiger partial charge in [-0.15, -0.1) is 0 Å². The Balaban J connectivity index is 1.72. The number of hydrogen-bond donors (Lipinski definition) is 0. The Morgan fingerprint density at radius 1 is 1.20 bits per heavy atom. The summed E-state index contributed by atoms with van der Waals surface area (Å²) in [7, 11) is -2.96. The summed E-state index contributed by atoms with van der Waals surface area (Å²) in [4.78, 5) is 13.0. The number of carbonyl (C=O) groups is 1. The lowest BCUT2D eigenvalue weighted by Crippen LogP contribution is -2.48. The van der Waals surface area contributed by atoms with Gasteiger partial charge in [-0.25, -0.2) is 13.2 Å². The quantitative estimate of drug-likeness (QED) is 0.629. The Labute approximate surface area is 176 Å². The molecule has 0 N–H and O–H groups in total. The number of furan rings is 1. The standard InChI is InChI=1S/C18H18ClF3N2O5S/c1-28-17(25)13-4-9-29-15(13)11-23-5-7-24(8-6-23)30(26,27)16-10-12(18(20,21)22)2-3-14(16)19/h2-4,9-10H,5-8,11H2,1H3. The van der Waals surface area contributed by atoms with Gasteiger partial charge in [0.15, 0.2) is 0 Å². The molecule has 2 aromatic rings. The molecular weight excluding hydrogens is 449 g/mol. The molecule has 0 bridgehead atoms. The van der Waals surface area contributed by atoms with E-state index in [1.807, 2.05) is 4.90 Å². The van der Waals surface area contributed by atoms with Gasteiger partial charge >= 0.3 is 12.1 Å². The van der Waals surface area contributed by atoms with Gasteiger partial charge in [0.25, 0.3) is 0 Å². The third kappa shape index (κ3) is 4.64. The second-order valence-corrected chi connectivity index (χ2v) is 8.89. The maximum absolute atomic E-state index is 13.0. The molecule has 3 rings (SSSR count). The van der Waals surface area contributed by atoms with E-state index in [9.17, 15) is 26.4 Å². The fraction of sp³-hybridized carbons (Fsp3) is 0.389. The van der Waals surface area contributed by atoms with Gasteiger partial charge in [-0.2, -0.15) is 17.5 Å². The molecule has 0 aliphatic carbocycles. The number of benzene rings is 1. The van der Waals surface area contributed by atoms with Crippen molar-refractivity contribution in [2.75, 3.05) is 33.3 Å². The maximum atomic E-state index is 13.0. The summed E-state index contributed by atoms with van der Waals surface area (Å²) in [6.07, 6.45) is -3.33. The normalized spacial score (nSPS) is 16.6. The smallest absolute Gasteiger partial charge is 0.416 e. The van der Waals surface area contributed by atoms with E-state index in [0.29, 0.717) is 11.8 Å². The minimum absolute atomic E-state index is 0.0448. The number of methoxy groups -OCH3 is 1. The molecule has 0 spiro atoms. The topological polar surface area (TPSA) is 80.1 Å². The van der Waals surface area contributed by atoms with Crippen LogP contribution in [0.4, 0.5) is 13.2 Å². The Morgan fingerprint density at radius 3 is 2.47 bits per heavy atom. The highest BCUT2D eigenvalue weighted by Gasteiger charge is 2.35. The predicted octanol–water partition coefficient (Wildman–Crippen LogP) is 3.24. The van der Waals surface area contributed by atoms with Crippen molar-refractivity contribution in [1.29, 1.82) is 0 Å². The van der Waals surface area contributed by atoms with Gasteiger partial charge in [0.2, 0.25) is 10.0 Å². The van der Waals surface area contributed by atoms with E-state index in [1.54, 1.807) is 0 Å². The lowest BCUT2D eigenvalue weighted by molar-refractivity contribution is -0.137. The number of hydrogen-bond acceptors (Lipinski definition) is 6. The first-order valence-electron chi connectivity index (χ1n) is 8.78. The fourth-order valence-corrected chi connectivity index (χ4v) is 5.03. The molecule has 1 aliphatic rings. The van der Waals surface area contributed by atoms with Crippen LogP contribution in [0.2, 0.25) is 5.02 Å². The highest BCUT2D eigenvalue weighted by Crippen LogP contribution is 2.34. The average molecular weight is 467 g/mol. The van der Waals surface area contributed by atoms with Crippen LogP contribution in [-0.4, -0.2) is 56.9 Å². The molecule has 1 aliphatic heterocycles. The number of ether oxygens (including phenoxy) is 1. The van der Waals surface area contributed by atoms with Gasteiger partial charge in [-0.3, -0.25) is 4.90 Å². The highest BCUT2D eigenvalue weighted by molar-refractivity contribution is 7.89. The van der Waals surface area contributed by atoms with Gasteiger partial charge in [0.1, 0.15) is 16.2 Å². The molecule has 0 atom stereocenters. The number of piperazine rings is 1. The Bertz CT molecular complexity index is 1030. The van der Waals surface area contributed by atoms with E-state index in [-0.39, 0.29) is 43.3 Å². The lowest BCUT2D eigenvalue weighted by atomic mass is 10.2. The minimum atomic E-state index is -4.69. The fourth-order valence-electron chi connectivity index (χ4n) is 3.10. The number of rotatable bonds is 5. The van der Waals surface area contributed by atoms with Crippen LogP contribution in [0.1, 0.15) is 21.7 Å². The van der Waals surface area contributed by atoms with E-state index < -0.39 is 32.6 Å². The Hall–Kier alpha value is -2.08. The monoisotopic (exact) mass is 466 g/mol. The number of sulfonamides is 1. The molecule has 1 aromatic heterocycles. The molecule has 0 radical (unpaired) electrons. The second-order valence-electron chi connectivity index (χ2n) is 6.57. The highest BCUT2D eigenvalue weighted by atomic mass is 35.5. The van der Waals surface area contributed by atoms with Crippen LogP contribution in [0.3, 0.4) is 0 Å². The summed E-state index contributed by atoms with van der Waals surface area (Å²) in [6.45, 7) is 0.927. The van der Waals surface area contributed by atoms with Crippen molar-refractivity contribution >= 4 is 27.6 Å². The van der Waals surface area contributed by atoms with Crippen molar-refractivity contribution in [2.45, 2.75) is 17.6 Å². The zero-order chi connectivity index (χ0) is 22.1. The van der Waals surface area contributed by atoms with Crippen LogP contribution in [0, 0.1) is 0 Å². The van der Waals surface area contributed by atoms with Gasteiger partial charge in [0.05, 0.1) is 30.5 Å². The van der Waals surface area contributed by atoms with Crippen LogP contribution in [0.25, 0.3) is 0 Å². The number of nitrogens with zero attached hydrogens (tertiary/aromatic N) is 2. The van der Waals surface area contributed by atoms with E-state index in [2.05, 4.69) is 4.74 Å². The SMILES string of the molecule is COC(=O)c1ccoc1CN1CCN(S(=O)(=O)c2cc(C(F)(F)F)ccc2Cl)CC1. The lowest BCUT2D eigenvalue weighted by Gasteiger charge is -2.33. The summed E-state index contributed by atoms with van der Waals surface area (Å²) < 4.78 is 75.8. The largest absolute Gasteiger partial charge is 0.467 e. The van der Waals surface area contributed by atoms with Crippen molar-refractivity contribution in [1.82, 2.24) is 9.21 Å². The molecule has 1 saturated heterocycles. The van der Waals surface area contributed by atoms with Crippen molar-refractivity contribution in [3.63, 3.8) is 0 Å². The molecule has 7 nitrogen and oxygen atoms in total. The average Bonchev–Trinajstić information content (AvgIpc) is 3.15. The van der Waals surface area contributed by atoms with Gasteiger partial charge in [-0.05, 0) is 24.3 Å². The molecule has 2 heterocycles. The number of alkyl halides is 3. The van der Waals surface area contributed by atoms with Crippen molar-refractivity contribution < 1.29 is 35.5 Å². The number of esters is 1. The first-order chi connectivity index (χ1) is 14.0. The van der Waals surface area contributed by atoms with E-state index in [4.69, 9.17) is 16.0 Å². The van der Waals surface area contributed by atoms with Crippen molar-refractivity contribution in [2.24, 2.45) is 0 Å². The van der Waals surface area contributed by atoms with Gasteiger partial charge in [0, 0.05) is 26.2 Å². The number of halogens is 4. The van der Waals surface area contributed by atoms with Gasteiger partial charge < -0.3 is 9.15 Å². The van der Waals surface area contributed by atoms with Gasteiger partial charge in [-0.1, -0.05) is 11.6 Å². The van der Waals surface area contributed by atoms with Crippen LogP contribution in [-0.2, 0) is 27.5 Å². The van der Waals surface area contributed by atoms with Crippen LogP contribution in [0.5, 0.6) is 0 Å². The van der Waals surface area contributed by atoms with E-state index >= 15 is 0 Å².